The molecule has 0 aliphatic heterocycles. The number of carboxylic acid groups (broad SMARTS) is 1. The normalized spacial score (nSPS) is 16.6. The molecular weight excluding hydrogens is 292 g/mol. The van der Waals surface area contributed by atoms with Crippen LogP contribution in [0.5, 0.6) is 0 Å². The molecule has 4 N–H and O–H groups in total. The van der Waals surface area contributed by atoms with Gasteiger partial charge in [-0.15, -0.1) is 0 Å². The largest absolute Gasteiger partial charge is 0.478 e. The Morgan fingerprint density at radius 1 is 1.43 bits per heavy atom. The van der Waals surface area contributed by atoms with Gasteiger partial charge in [0.05, 0.1) is 11.3 Å². The summed E-state index contributed by atoms with van der Waals surface area (Å²) in [6, 6.07) is 3.64. The highest BCUT2D eigenvalue weighted by atomic mass is 32.2. The zero-order valence-electron chi connectivity index (χ0n) is 11.9. The van der Waals surface area contributed by atoms with E-state index in [1.54, 1.807) is 0 Å². The number of anilines is 1. The van der Waals surface area contributed by atoms with E-state index >= 15 is 0 Å². The maximum Gasteiger partial charge on any atom is 0.335 e. The van der Waals surface area contributed by atoms with Crippen molar-refractivity contribution in [1.29, 1.82) is 0 Å². The molecule has 0 saturated heterocycles. The van der Waals surface area contributed by atoms with Gasteiger partial charge in [-0.25, -0.2) is 17.9 Å². The summed E-state index contributed by atoms with van der Waals surface area (Å²) < 4.78 is 27.1. The summed E-state index contributed by atoms with van der Waals surface area (Å²) in [4.78, 5) is 10.8. The summed E-state index contributed by atoms with van der Waals surface area (Å²) in [5.74, 6) is -1.14. The van der Waals surface area contributed by atoms with Gasteiger partial charge in [-0.3, -0.25) is 0 Å². The highest BCUT2D eigenvalue weighted by molar-refractivity contribution is 7.89. The molecule has 0 unspecified atom stereocenters. The predicted molar refractivity (Wildman–Crippen MR) is 79.6 cm³/mol. The number of nitrogens with one attached hydrogen (secondary N) is 1. The van der Waals surface area contributed by atoms with Gasteiger partial charge in [0.2, 0.25) is 10.0 Å². The van der Waals surface area contributed by atoms with E-state index in [0.29, 0.717) is 6.54 Å². The lowest BCUT2D eigenvalue weighted by Crippen LogP contribution is -2.30. The van der Waals surface area contributed by atoms with Crippen LogP contribution in [-0.4, -0.2) is 26.0 Å². The average molecular weight is 312 g/mol. The van der Waals surface area contributed by atoms with Crippen molar-refractivity contribution < 1.29 is 18.3 Å². The minimum atomic E-state index is -3.71. The molecule has 0 atom stereocenters. The van der Waals surface area contributed by atoms with Crippen molar-refractivity contribution in [1.82, 2.24) is 4.72 Å². The Morgan fingerprint density at radius 3 is 2.57 bits per heavy atom. The van der Waals surface area contributed by atoms with Gasteiger partial charge in [-0.1, -0.05) is 13.3 Å². The second-order valence-corrected chi connectivity index (χ2v) is 7.37. The van der Waals surface area contributed by atoms with E-state index in [9.17, 15) is 13.2 Å². The standard InChI is InChI=1S/C14H20N2O4S/c1-2-5-14(6-7-14)9-16-21(19,20)12-4-3-10(13(17)18)8-11(12)15/h3-4,8,16H,2,5-7,9,15H2,1H3,(H,17,18). The van der Waals surface area contributed by atoms with Gasteiger partial charge in [0.15, 0.2) is 0 Å². The molecule has 7 heteroatoms. The molecule has 0 aromatic heterocycles. The third-order valence-electron chi connectivity index (χ3n) is 3.92. The predicted octanol–water partition coefficient (Wildman–Crippen LogP) is 1.83. The van der Waals surface area contributed by atoms with E-state index in [2.05, 4.69) is 11.6 Å². The summed E-state index contributed by atoms with van der Waals surface area (Å²) in [5.41, 5.74) is 5.69. The van der Waals surface area contributed by atoms with Crippen LogP contribution < -0.4 is 10.5 Å². The molecule has 0 spiro atoms. The van der Waals surface area contributed by atoms with Crippen LogP contribution in [0.3, 0.4) is 0 Å². The van der Waals surface area contributed by atoms with E-state index in [1.807, 2.05) is 0 Å². The number of hydrogen-bond acceptors (Lipinski definition) is 4. The average Bonchev–Trinajstić information content (AvgIpc) is 3.17. The molecular formula is C14H20N2O4S. The monoisotopic (exact) mass is 312 g/mol. The first kappa shape index (κ1) is 15.8. The zero-order valence-corrected chi connectivity index (χ0v) is 12.7. The van der Waals surface area contributed by atoms with Gasteiger partial charge >= 0.3 is 5.97 Å². The Kier molecular flexibility index (Phi) is 4.25. The number of nitrogens with two attached hydrogens (primary N) is 1. The highest BCUT2D eigenvalue weighted by Gasteiger charge is 2.42. The van der Waals surface area contributed by atoms with Gasteiger partial charge in [0.1, 0.15) is 4.90 Å². The molecule has 2 rings (SSSR count). The number of rotatable bonds is 7. The van der Waals surface area contributed by atoms with Gasteiger partial charge in [0, 0.05) is 6.54 Å². The summed E-state index contributed by atoms with van der Waals surface area (Å²) in [6.07, 6.45) is 4.10. The van der Waals surface area contributed by atoms with E-state index in [1.165, 1.54) is 12.1 Å². The van der Waals surface area contributed by atoms with E-state index in [-0.39, 0.29) is 21.6 Å². The molecule has 0 amide bonds. The van der Waals surface area contributed by atoms with Crippen molar-refractivity contribution in [3.8, 4) is 0 Å². The third-order valence-corrected chi connectivity index (χ3v) is 5.40. The summed E-state index contributed by atoms with van der Waals surface area (Å²) in [6.45, 7) is 2.49. The Hall–Kier alpha value is -1.60. The summed E-state index contributed by atoms with van der Waals surface area (Å²) in [5, 5.41) is 8.86. The van der Waals surface area contributed by atoms with Crippen LogP contribution in [0.1, 0.15) is 43.0 Å². The Labute approximate surface area is 124 Å². The topological polar surface area (TPSA) is 109 Å². The first-order chi connectivity index (χ1) is 9.80. The third kappa shape index (κ3) is 3.54. The van der Waals surface area contributed by atoms with Gasteiger partial charge < -0.3 is 10.8 Å². The second-order valence-electron chi connectivity index (χ2n) is 5.63. The lowest BCUT2D eigenvalue weighted by molar-refractivity contribution is 0.0697. The molecule has 1 saturated carbocycles. The fourth-order valence-corrected chi connectivity index (χ4v) is 3.74. The van der Waals surface area contributed by atoms with Crippen molar-refractivity contribution in [2.75, 3.05) is 12.3 Å². The fraction of sp³-hybridized carbons (Fsp3) is 0.500. The van der Waals surface area contributed by atoms with Crippen LogP contribution in [0.15, 0.2) is 23.1 Å². The lowest BCUT2D eigenvalue weighted by Gasteiger charge is -2.16. The summed E-state index contributed by atoms with van der Waals surface area (Å²) >= 11 is 0. The molecule has 1 aliphatic carbocycles. The van der Waals surface area contributed by atoms with Crippen LogP contribution in [0.25, 0.3) is 0 Å². The maximum atomic E-state index is 12.3. The first-order valence-electron chi connectivity index (χ1n) is 6.92. The lowest BCUT2D eigenvalue weighted by atomic mass is 10.0. The number of carbonyl (C=O) groups is 1. The van der Waals surface area contributed by atoms with Crippen LogP contribution in [-0.2, 0) is 10.0 Å². The SMILES string of the molecule is CCCC1(CNS(=O)(=O)c2ccc(C(=O)O)cc2N)CC1. The van der Waals surface area contributed by atoms with Crippen molar-refractivity contribution >= 4 is 21.7 Å². The number of nitrogen functional groups attached to an aromatic ring is 1. The molecule has 0 radical (unpaired) electrons. The molecule has 1 aromatic rings. The molecule has 0 heterocycles. The van der Waals surface area contributed by atoms with E-state index < -0.39 is 16.0 Å². The van der Waals surface area contributed by atoms with E-state index in [4.69, 9.17) is 10.8 Å². The minimum absolute atomic E-state index is 0.0314. The number of aromatic carboxylic acids is 1. The number of hydrogen-bond donors (Lipinski definition) is 3. The van der Waals surface area contributed by atoms with Crippen molar-refractivity contribution in [2.24, 2.45) is 5.41 Å². The van der Waals surface area contributed by atoms with Crippen LogP contribution in [0.2, 0.25) is 0 Å². The number of sulfonamides is 1. The second kappa shape index (κ2) is 5.65. The van der Waals surface area contributed by atoms with Gasteiger partial charge in [0.25, 0.3) is 0 Å². The van der Waals surface area contributed by atoms with Crippen molar-refractivity contribution in [2.45, 2.75) is 37.5 Å². The Balaban J connectivity index is 2.14. The molecule has 116 valence electrons. The summed E-state index contributed by atoms with van der Waals surface area (Å²) in [7, 11) is -3.71. The Morgan fingerprint density at radius 2 is 2.10 bits per heavy atom. The number of carboxylic acids is 1. The van der Waals surface area contributed by atoms with Crippen molar-refractivity contribution in [3.63, 3.8) is 0 Å². The molecule has 6 nitrogen and oxygen atoms in total. The molecule has 1 aliphatic rings. The Bertz CT molecular complexity index is 651. The maximum absolute atomic E-state index is 12.3. The zero-order chi connectivity index (χ0) is 15.7. The molecule has 0 bridgehead atoms. The van der Waals surface area contributed by atoms with Crippen LogP contribution in [0, 0.1) is 5.41 Å². The smallest absolute Gasteiger partial charge is 0.335 e. The van der Waals surface area contributed by atoms with Crippen LogP contribution in [0.4, 0.5) is 5.69 Å². The van der Waals surface area contributed by atoms with Crippen molar-refractivity contribution in [3.05, 3.63) is 23.8 Å². The highest BCUT2D eigenvalue weighted by Crippen LogP contribution is 2.49. The first-order valence-corrected chi connectivity index (χ1v) is 8.40. The fourth-order valence-electron chi connectivity index (χ4n) is 2.47. The minimum Gasteiger partial charge on any atom is -0.478 e. The molecule has 21 heavy (non-hydrogen) atoms. The molecule has 1 aromatic carbocycles. The van der Waals surface area contributed by atoms with Gasteiger partial charge in [-0.2, -0.15) is 0 Å². The molecule has 1 fully saturated rings. The van der Waals surface area contributed by atoms with Crippen LogP contribution >= 0.6 is 0 Å². The number of benzene rings is 1. The van der Waals surface area contributed by atoms with Gasteiger partial charge in [-0.05, 0) is 42.9 Å². The quantitative estimate of drug-likeness (QED) is 0.665. The van der Waals surface area contributed by atoms with E-state index in [0.717, 1.165) is 31.7 Å².